The predicted octanol–water partition coefficient (Wildman–Crippen LogP) is 3.21. The Hall–Kier alpha value is -2.14. The molecule has 1 aliphatic heterocycles. The molecule has 2 rings (SSSR count). The zero-order valence-electron chi connectivity index (χ0n) is 14.6. The fourth-order valence-electron chi connectivity index (χ4n) is 3.07. The molecule has 1 aromatic carbocycles. The van der Waals surface area contributed by atoms with Gasteiger partial charge in [-0.05, 0) is 38.8 Å². The van der Waals surface area contributed by atoms with E-state index in [9.17, 15) is 9.59 Å². The Labute approximate surface area is 142 Å². The Morgan fingerprint density at radius 2 is 1.58 bits per heavy atom. The van der Waals surface area contributed by atoms with E-state index in [0.29, 0.717) is 11.1 Å². The highest BCUT2D eigenvalue weighted by Gasteiger charge is 2.67. The number of hydrogen-bond donors (Lipinski definition) is 0. The van der Waals surface area contributed by atoms with Gasteiger partial charge in [0.2, 0.25) is 5.41 Å². The van der Waals surface area contributed by atoms with E-state index in [1.807, 2.05) is 30.3 Å². The Morgan fingerprint density at radius 1 is 1.08 bits per heavy atom. The highest BCUT2D eigenvalue weighted by atomic mass is 16.6. The third kappa shape index (κ3) is 2.73. The lowest BCUT2D eigenvalue weighted by Crippen LogP contribution is -2.46. The average molecular weight is 332 g/mol. The maximum atomic E-state index is 12.9. The minimum absolute atomic E-state index is 0.148. The fraction of sp³-hybridized carbons (Fsp3) is 0.474. The van der Waals surface area contributed by atoms with Crippen LogP contribution in [0.3, 0.4) is 0 Å². The van der Waals surface area contributed by atoms with Crippen molar-refractivity contribution in [3.63, 3.8) is 0 Å². The van der Waals surface area contributed by atoms with Crippen LogP contribution in [0.4, 0.5) is 0 Å². The smallest absolute Gasteiger partial charge is 0.330 e. The first-order chi connectivity index (χ1) is 11.3. The van der Waals surface area contributed by atoms with Gasteiger partial charge in [-0.2, -0.15) is 0 Å². The van der Waals surface area contributed by atoms with Crippen molar-refractivity contribution in [2.45, 2.75) is 39.4 Å². The molecule has 24 heavy (non-hydrogen) atoms. The Kier molecular flexibility index (Phi) is 5.13. The highest BCUT2D eigenvalue weighted by Crippen LogP contribution is 2.56. The molecule has 0 N–H and O–H groups in total. The van der Waals surface area contributed by atoms with Crippen LogP contribution in [-0.2, 0) is 23.8 Å². The molecule has 1 aromatic rings. The lowest BCUT2D eigenvalue weighted by molar-refractivity contribution is -0.174. The van der Waals surface area contributed by atoms with E-state index >= 15 is 0 Å². The lowest BCUT2D eigenvalue weighted by Gasteiger charge is -2.30. The molecule has 5 nitrogen and oxygen atoms in total. The van der Waals surface area contributed by atoms with Crippen molar-refractivity contribution in [2.75, 3.05) is 13.2 Å². The van der Waals surface area contributed by atoms with E-state index in [4.69, 9.17) is 14.2 Å². The quantitative estimate of drug-likeness (QED) is 0.471. The van der Waals surface area contributed by atoms with Crippen LogP contribution in [0.2, 0.25) is 0 Å². The summed E-state index contributed by atoms with van der Waals surface area (Å²) in [6.45, 7) is 11.3. The fourth-order valence-corrected chi connectivity index (χ4v) is 3.07. The first-order valence-electron chi connectivity index (χ1n) is 8.09. The van der Waals surface area contributed by atoms with Gasteiger partial charge in [0.05, 0.1) is 18.8 Å². The van der Waals surface area contributed by atoms with Crippen molar-refractivity contribution < 1.29 is 23.8 Å². The van der Waals surface area contributed by atoms with Gasteiger partial charge in [-0.1, -0.05) is 36.9 Å². The first kappa shape index (κ1) is 18.2. The molecule has 0 amide bonds. The maximum Gasteiger partial charge on any atom is 0.330 e. The van der Waals surface area contributed by atoms with Crippen molar-refractivity contribution in [3.8, 4) is 0 Å². The van der Waals surface area contributed by atoms with E-state index in [-0.39, 0.29) is 13.2 Å². The molecule has 0 spiro atoms. The van der Waals surface area contributed by atoms with Crippen LogP contribution in [0, 0.1) is 5.41 Å². The summed E-state index contributed by atoms with van der Waals surface area (Å²) in [6, 6.07) is 9.13. The Bertz CT molecular complexity index is 614. The Balaban J connectivity index is 2.67. The lowest BCUT2D eigenvalue weighted by atomic mass is 9.71. The molecule has 1 aliphatic rings. The van der Waals surface area contributed by atoms with Crippen molar-refractivity contribution in [3.05, 3.63) is 48.0 Å². The standard InChI is InChI=1S/C19H24O5/c1-6-22-16(20)19(17(21)23-7-2)13(3)18(4,5)24-15(19)14-11-9-8-10-12-14/h8-12,15H,3,6-7H2,1-2,4-5H3/t15-/m1/s1. The second kappa shape index (κ2) is 6.77. The van der Waals surface area contributed by atoms with Gasteiger partial charge in [0, 0.05) is 0 Å². The molecule has 0 aliphatic carbocycles. The van der Waals surface area contributed by atoms with Gasteiger partial charge in [-0.3, -0.25) is 9.59 Å². The SMILES string of the molecule is C=C1C(C)(C)O[C@H](c2ccccc2)C1(C(=O)OCC)C(=O)OCC. The van der Waals surface area contributed by atoms with Gasteiger partial charge in [0.25, 0.3) is 0 Å². The zero-order chi connectivity index (χ0) is 18.0. The summed E-state index contributed by atoms with van der Waals surface area (Å²) in [7, 11) is 0. The third-order valence-electron chi connectivity index (χ3n) is 4.31. The van der Waals surface area contributed by atoms with E-state index < -0.39 is 29.1 Å². The third-order valence-corrected chi connectivity index (χ3v) is 4.31. The number of carbonyl (C=O) groups excluding carboxylic acids is 2. The molecule has 1 fully saturated rings. The molecule has 1 atom stereocenters. The van der Waals surface area contributed by atoms with E-state index in [1.54, 1.807) is 27.7 Å². The number of hydrogen-bond acceptors (Lipinski definition) is 5. The number of benzene rings is 1. The molecule has 5 heteroatoms. The molecule has 0 bridgehead atoms. The van der Waals surface area contributed by atoms with Crippen molar-refractivity contribution in [1.82, 2.24) is 0 Å². The molecule has 0 unspecified atom stereocenters. The van der Waals surface area contributed by atoms with Crippen LogP contribution in [0.5, 0.6) is 0 Å². The number of ether oxygens (including phenoxy) is 3. The van der Waals surface area contributed by atoms with E-state index in [2.05, 4.69) is 6.58 Å². The summed E-state index contributed by atoms with van der Waals surface area (Å²) >= 11 is 0. The van der Waals surface area contributed by atoms with Gasteiger partial charge in [-0.15, -0.1) is 0 Å². The van der Waals surface area contributed by atoms with Crippen molar-refractivity contribution in [1.29, 1.82) is 0 Å². The molecule has 1 saturated heterocycles. The normalized spacial score (nSPS) is 21.3. The first-order valence-corrected chi connectivity index (χ1v) is 8.09. The summed E-state index contributed by atoms with van der Waals surface area (Å²) in [6.07, 6.45) is -0.848. The number of rotatable bonds is 5. The van der Waals surface area contributed by atoms with Crippen LogP contribution >= 0.6 is 0 Å². The minimum Gasteiger partial charge on any atom is -0.465 e. The predicted molar refractivity (Wildman–Crippen MR) is 89.2 cm³/mol. The average Bonchev–Trinajstić information content (AvgIpc) is 2.77. The molecule has 0 aromatic heterocycles. The van der Waals surface area contributed by atoms with E-state index in [1.165, 1.54) is 0 Å². The monoisotopic (exact) mass is 332 g/mol. The summed E-state index contributed by atoms with van der Waals surface area (Å²) in [5, 5.41) is 0. The van der Waals surface area contributed by atoms with Crippen LogP contribution < -0.4 is 0 Å². The highest BCUT2D eigenvalue weighted by molar-refractivity contribution is 6.05. The number of esters is 2. The van der Waals surface area contributed by atoms with Crippen molar-refractivity contribution in [2.24, 2.45) is 5.41 Å². The summed E-state index contributed by atoms with van der Waals surface area (Å²) in [5.74, 6) is -1.37. The zero-order valence-corrected chi connectivity index (χ0v) is 14.6. The largest absolute Gasteiger partial charge is 0.465 e. The van der Waals surface area contributed by atoms with Crippen LogP contribution in [0.1, 0.15) is 39.4 Å². The van der Waals surface area contributed by atoms with Crippen molar-refractivity contribution >= 4 is 11.9 Å². The van der Waals surface area contributed by atoms with Gasteiger partial charge >= 0.3 is 11.9 Å². The summed E-state index contributed by atoms with van der Waals surface area (Å²) in [4.78, 5) is 25.8. The Morgan fingerprint density at radius 3 is 2.04 bits per heavy atom. The molecular formula is C19H24O5. The van der Waals surface area contributed by atoms with Gasteiger partial charge in [0.1, 0.15) is 6.10 Å². The number of carbonyl (C=O) groups is 2. The molecule has 1 heterocycles. The molecule has 0 radical (unpaired) electrons. The second-order valence-corrected chi connectivity index (χ2v) is 6.15. The maximum absolute atomic E-state index is 12.9. The van der Waals surface area contributed by atoms with Crippen LogP contribution in [-0.4, -0.2) is 30.8 Å². The van der Waals surface area contributed by atoms with Gasteiger partial charge in [0.15, 0.2) is 0 Å². The van der Waals surface area contributed by atoms with E-state index in [0.717, 1.165) is 0 Å². The van der Waals surface area contributed by atoms with Crippen LogP contribution in [0.15, 0.2) is 42.5 Å². The summed E-state index contributed by atoms with van der Waals surface area (Å²) in [5.41, 5.74) is -1.54. The van der Waals surface area contributed by atoms with Gasteiger partial charge in [-0.25, -0.2) is 0 Å². The van der Waals surface area contributed by atoms with Crippen LogP contribution in [0.25, 0.3) is 0 Å². The molecule has 130 valence electrons. The minimum atomic E-state index is -1.71. The van der Waals surface area contributed by atoms with Gasteiger partial charge < -0.3 is 14.2 Å². The molecular weight excluding hydrogens is 308 g/mol. The molecule has 0 saturated carbocycles. The summed E-state index contributed by atoms with van der Waals surface area (Å²) < 4.78 is 16.6. The second-order valence-electron chi connectivity index (χ2n) is 6.15. The topological polar surface area (TPSA) is 61.8 Å².